The summed E-state index contributed by atoms with van der Waals surface area (Å²) < 4.78 is 24.1. The van der Waals surface area contributed by atoms with Crippen molar-refractivity contribution in [2.45, 2.75) is 24.3 Å². The van der Waals surface area contributed by atoms with Crippen LogP contribution in [-0.2, 0) is 9.84 Å². The second-order valence-electron chi connectivity index (χ2n) is 4.00. The fourth-order valence-electron chi connectivity index (χ4n) is 1.54. The Morgan fingerprint density at radius 3 is 2.67 bits per heavy atom. The van der Waals surface area contributed by atoms with Gasteiger partial charge in [0.1, 0.15) is 0 Å². The lowest BCUT2D eigenvalue weighted by Gasteiger charge is -2.14. The number of hydrogen-bond acceptors (Lipinski definition) is 4. The maximum atomic E-state index is 12.0. The molecule has 0 fully saturated rings. The summed E-state index contributed by atoms with van der Waals surface area (Å²) in [6, 6.07) is 6.69. The van der Waals surface area contributed by atoms with Crippen LogP contribution in [0.4, 0.5) is 5.69 Å². The number of anilines is 1. The Bertz CT molecular complexity index is 476. The zero-order chi connectivity index (χ0) is 13.6. The Morgan fingerprint density at radius 2 is 2.06 bits per heavy atom. The van der Waals surface area contributed by atoms with Crippen molar-refractivity contribution in [3.8, 4) is 0 Å². The average molecular weight is 292 g/mol. The number of benzene rings is 1. The van der Waals surface area contributed by atoms with Crippen molar-refractivity contribution in [2.75, 3.05) is 23.5 Å². The molecule has 1 unspecified atom stereocenters. The Hall–Kier alpha value is -0.780. The number of sulfone groups is 1. The molecule has 0 radical (unpaired) electrons. The number of alkyl halides is 1. The van der Waals surface area contributed by atoms with Crippen LogP contribution < -0.4 is 5.32 Å². The van der Waals surface area contributed by atoms with Crippen molar-refractivity contribution in [1.29, 1.82) is 0 Å². The zero-order valence-electron chi connectivity index (χ0n) is 10.3. The van der Waals surface area contributed by atoms with Gasteiger partial charge in [-0.2, -0.15) is 0 Å². The van der Waals surface area contributed by atoms with Gasteiger partial charge in [-0.05, 0) is 18.6 Å². The molecule has 0 amide bonds. The SMILES string of the molecule is CCCS(=O)(=O)c1ccccc1NCC(O)CCl. The minimum absolute atomic E-state index is 0.108. The third kappa shape index (κ3) is 4.15. The summed E-state index contributed by atoms with van der Waals surface area (Å²) in [7, 11) is -3.27. The van der Waals surface area contributed by atoms with E-state index in [9.17, 15) is 13.5 Å². The first kappa shape index (κ1) is 15.3. The van der Waals surface area contributed by atoms with Crippen LogP contribution in [0.3, 0.4) is 0 Å². The van der Waals surface area contributed by atoms with E-state index in [1.807, 2.05) is 6.92 Å². The summed E-state index contributed by atoms with van der Waals surface area (Å²) in [5, 5.41) is 12.3. The molecule has 0 heterocycles. The highest BCUT2D eigenvalue weighted by Crippen LogP contribution is 2.22. The minimum atomic E-state index is -3.27. The molecule has 0 bridgehead atoms. The van der Waals surface area contributed by atoms with Gasteiger partial charge in [-0.15, -0.1) is 11.6 Å². The van der Waals surface area contributed by atoms with Crippen LogP contribution in [0.15, 0.2) is 29.2 Å². The van der Waals surface area contributed by atoms with Gasteiger partial charge in [0.25, 0.3) is 0 Å². The van der Waals surface area contributed by atoms with Crippen LogP contribution >= 0.6 is 11.6 Å². The van der Waals surface area contributed by atoms with Gasteiger partial charge in [-0.25, -0.2) is 8.42 Å². The van der Waals surface area contributed by atoms with E-state index in [2.05, 4.69) is 5.32 Å². The van der Waals surface area contributed by atoms with E-state index in [4.69, 9.17) is 11.6 Å². The molecule has 18 heavy (non-hydrogen) atoms. The third-order valence-corrected chi connectivity index (χ3v) is 4.73. The molecular weight excluding hydrogens is 274 g/mol. The maximum Gasteiger partial charge on any atom is 0.180 e. The summed E-state index contributed by atoms with van der Waals surface area (Å²) in [5.41, 5.74) is 0.509. The van der Waals surface area contributed by atoms with Gasteiger partial charge in [-0.1, -0.05) is 19.1 Å². The molecule has 1 aromatic carbocycles. The molecule has 102 valence electrons. The smallest absolute Gasteiger partial charge is 0.180 e. The molecule has 2 N–H and O–H groups in total. The molecule has 0 saturated carbocycles. The van der Waals surface area contributed by atoms with Crippen molar-refractivity contribution >= 4 is 27.1 Å². The van der Waals surface area contributed by atoms with Crippen LogP contribution in [0.1, 0.15) is 13.3 Å². The van der Waals surface area contributed by atoms with Crippen molar-refractivity contribution in [1.82, 2.24) is 0 Å². The van der Waals surface area contributed by atoms with E-state index in [0.717, 1.165) is 0 Å². The fourth-order valence-corrected chi connectivity index (χ4v) is 3.17. The molecule has 6 heteroatoms. The lowest BCUT2D eigenvalue weighted by Crippen LogP contribution is -2.22. The number of hydrogen-bond donors (Lipinski definition) is 2. The minimum Gasteiger partial charge on any atom is -0.390 e. The molecule has 1 aromatic rings. The molecule has 1 atom stereocenters. The lowest BCUT2D eigenvalue weighted by atomic mass is 10.3. The molecule has 0 aromatic heterocycles. The second kappa shape index (κ2) is 6.97. The highest BCUT2D eigenvalue weighted by Gasteiger charge is 2.17. The lowest BCUT2D eigenvalue weighted by molar-refractivity contribution is 0.211. The molecule has 1 rings (SSSR count). The van der Waals surface area contributed by atoms with Gasteiger partial charge in [0.05, 0.1) is 28.3 Å². The quantitative estimate of drug-likeness (QED) is 0.753. The molecule has 0 spiro atoms. The number of halogens is 1. The van der Waals surface area contributed by atoms with Crippen molar-refractivity contribution in [3.05, 3.63) is 24.3 Å². The van der Waals surface area contributed by atoms with Crippen LogP contribution in [0.2, 0.25) is 0 Å². The van der Waals surface area contributed by atoms with E-state index in [-0.39, 0.29) is 23.1 Å². The van der Waals surface area contributed by atoms with E-state index in [0.29, 0.717) is 12.1 Å². The Morgan fingerprint density at radius 1 is 1.39 bits per heavy atom. The zero-order valence-corrected chi connectivity index (χ0v) is 11.8. The Kier molecular flexibility index (Phi) is 5.91. The number of para-hydroxylation sites is 1. The van der Waals surface area contributed by atoms with Gasteiger partial charge in [0, 0.05) is 6.54 Å². The van der Waals surface area contributed by atoms with Gasteiger partial charge in [-0.3, -0.25) is 0 Å². The molecule has 4 nitrogen and oxygen atoms in total. The summed E-state index contributed by atoms with van der Waals surface area (Å²) in [4.78, 5) is 0.272. The van der Waals surface area contributed by atoms with Crippen LogP contribution in [0.5, 0.6) is 0 Å². The molecular formula is C12H18ClNO3S. The highest BCUT2D eigenvalue weighted by atomic mass is 35.5. The van der Waals surface area contributed by atoms with Crippen LogP contribution in [0, 0.1) is 0 Å². The normalized spacial score (nSPS) is 13.3. The first-order valence-corrected chi connectivity index (χ1v) is 7.99. The van der Waals surface area contributed by atoms with Gasteiger partial charge >= 0.3 is 0 Å². The van der Waals surface area contributed by atoms with Gasteiger partial charge < -0.3 is 10.4 Å². The summed E-state index contributed by atoms with van der Waals surface area (Å²) in [5.74, 6) is 0.223. The topological polar surface area (TPSA) is 66.4 Å². The summed E-state index contributed by atoms with van der Waals surface area (Å²) in [6.45, 7) is 2.05. The van der Waals surface area contributed by atoms with E-state index in [1.54, 1.807) is 24.3 Å². The van der Waals surface area contributed by atoms with Gasteiger partial charge in [0.2, 0.25) is 0 Å². The maximum absolute atomic E-state index is 12.0. The predicted octanol–water partition coefficient (Wildman–Crippen LogP) is 1.88. The van der Waals surface area contributed by atoms with E-state index >= 15 is 0 Å². The van der Waals surface area contributed by atoms with E-state index < -0.39 is 15.9 Å². The fraction of sp³-hybridized carbons (Fsp3) is 0.500. The monoisotopic (exact) mass is 291 g/mol. The Balaban J connectivity index is 2.93. The van der Waals surface area contributed by atoms with Crippen molar-refractivity contribution in [3.63, 3.8) is 0 Å². The summed E-state index contributed by atoms with van der Waals surface area (Å²) in [6.07, 6.45) is -0.130. The second-order valence-corrected chi connectivity index (χ2v) is 6.39. The van der Waals surface area contributed by atoms with Crippen LogP contribution in [-0.4, -0.2) is 37.8 Å². The largest absolute Gasteiger partial charge is 0.390 e. The third-order valence-electron chi connectivity index (χ3n) is 2.40. The highest BCUT2D eigenvalue weighted by molar-refractivity contribution is 7.91. The first-order valence-electron chi connectivity index (χ1n) is 5.81. The number of aliphatic hydroxyl groups excluding tert-OH is 1. The molecule has 0 aliphatic rings. The van der Waals surface area contributed by atoms with Gasteiger partial charge in [0.15, 0.2) is 9.84 Å². The molecule has 0 aliphatic heterocycles. The summed E-state index contributed by atoms with van der Waals surface area (Å²) >= 11 is 5.49. The number of nitrogens with one attached hydrogen (secondary N) is 1. The van der Waals surface area contributed by atoms with Crippen LogP contribution in [0.25, 0.3) is 0 Å². The van der Waals surface area contributed by atoms with Crippen molar-refractivity contribution < 1.29 is 13.5 Å². The standard InChI is InChI=1S/C12H18ClNO3S/c1-2-7-18(16,17)12-6-4-3-5-11(12)14-9-10(15)8-13/h3-6,10,14-15H,2,7-9H2,1H3. The predicted molar refractivity (Wildman–Crippen MR) is 74.0 cm³/mol. The Labute approximate surface area is 113 Å². The van der Waals surface area contributed by atoms with Crippen molar-refractivity contribution in [2.24, 2.45) is 0 Å². The number of rotatable bonds is 7. The van der Waals surface area contributed by atoms with E-state index in [1.165, 1.54) is 0 Å². The molecule has 0 saturated heterocycles. The first-order chi connectivity index (χ1) is 8.51. The number of aliphatic hydroxyl groups is 1. The average Bonchev–Trinajstić information content (AvgIpc) is 2.36. The molecule has 0 aliphatic carbocycles.